The van der Waals surface area contributed by atoms with E-state index in [4.69, 9.17) is 56.8 Å². The van der Waals surface area contributed by atoms with Gasteiger partial charge >= 0.3 is 53.8 Å². The summed E-state index contributed by atoms with van der Waals surface area (Å²) in [7, 11) is 0. The molecule has 1 aromatic rings. The van der Waals surface area contributed by atoms with Crippen molar-refractivity contribution in [2.75, 3.05) is 13.2 Å². The van der Waals surface area contributed by atoms with Crippen molar-refractivity contribution in [3.8, 4) is 0 Å². The van der Waals surface area contributed by atoms with Crippen LogP contribution in [0, 0.1) is 0 Å². The summed E-state index contributed by atoms with van der Waals surface area (Å²) in [6.07, 6.45) is -19.4. The van der Waals surface area contributed by atoms with Crippen molar-refractivity contribution in [3.05, 3.63) is 35.9 Å². The number of hydrogen-bond donors (Lipinski definition) is 2. The number of benzene rings is 1. The number of esters is 8. The lowest BCUT2D eigenvalue weighted by atomic mass is 9.95. The summed E-state index contributed by atoms with van der Waals surface area (Å²) < 4.78 is 67.4. The number of rotatable bonds is 19. The van der Waals surface area contributed by atoms with Crippen LogP contribution in [0.15, 0.2) is 30.3 Å². The standard InChI is InChI=1S/C43H58N2O22/c1-21(46)56-19-30-34(66-41-38(63-27(7)52)36(61-25(5)50)33(59-23(3)48)31(65-41)20-57-22(2)47)35(60-24(4)49)37(62-26(6)51)40(64-30)45-39(54)29(44-42(55)67-43(8,9)10)16-17-32(53)58-18-28-14-12-11-13-15-28/h11-15,29-31,33-38,40-41H,16-20H2,1-10H3,(H,44,55)(H,45,54)/t29-,30+,31+,33-,34+,35-,36-,37+,38+,40+,41-/m0/s1. The van der Waals surface area contributed by atoms with Gasteiger partial charge in [0.05, 0.1) is 0 Å². The summed E-state index contributed by atoms with van der Waals surface area (Å²) in [6, 6.07) is 7.17. The monoisotopic (exact) mass is 954 g/mol. The van der Waals surface area contributed by atoms with Crippen molar-refractivity contribution in [2.45, 2.75) is 162 Å². The summed E-state index contributed by atoms with van der Waals surface area (Å²) in [5.41, 5.74) is -0.343. The Bertz CT molecular complexity index is 1940. The van der Waals surface area contributed by atoms with E-state index < -0.39 is 152 Å². The molecule has 2 heterocycles. The largest absolute Gasteiger partial charge is 0.463 e. The Hall–Kier alpha value is -6.40. The molecule has 0 spiro atoms. The second-order valence-electron chi connectivity index (χ2n) is 16.1. The zero-order valence-electron chi connectivity index (χ0n) is 38.8. The predicted octanol–water partition coefficient (Wildman–Crippen LogP) is 1.14. The Balaban J connectivity index is 2.11. The average Bonchev–Trinajstić information content (AvgIpc) is 3.20. The van der Waals surface area contributed by atoms with Gasteiger partial charge in [-0.3, -0.25) is 43.2 Å². The summed E-state index contributed by atoms with van der Waals surface area (Å²) in [4.78, 5) is 127. The van der Waals surface area contributed by atoms with Gasteiger partial charge in [0.25, 0.3) is 0 Å². The summed E-state index contributed by atoms with van der Waals surface area (Å²) >= 11 is 0. The van der Waals surface area contributed by atoms with Crippen LogP contribution in [0.5, 0.6) is 0 Å². The van der Waals surface area contributed by atoms with Crippen LogP contribution in [-0.2, 0) is 107 Å². The summed E-state index contributed by atoms with van der Waals surface area (Å²) in [6.45, 7) is 10.3. The highest BCUT2D eigenvalue weighted by Gasteiger charge is 2.57. The molecular weight excluding hydrogens is 896 g/mol. The molecule has 2 amide bonds. The molecule has 2 aliphatic rings. The molecule has 0 unspecified atom stereocenters. The van der Waals surface area contributed by atoms with Gasteiger partial charge in [0.2, 0.25) is 5.91 Å². The van der Waals surface area contributed by atoms with E-state index in [1.54, 1.807) is 51.1 Å². The first-order chi connectivity index (χ1) is 31.3. The number of carbonyl (C=O) groups excluding carboxylic acids is 10. The van der Waals surface area contributed by atoms with Gasteiger partial charge in [-0.1, -0.05) is 30.3 Å². The van der Waals surface area contributed by atoms with Crippen LogP contribution in [0.3, 0.4) is 0 Å². The second-order valence-corrected chi connectivity index (χ2v) is 16.1. The molecule has 24 heteroatoms. The Morgan fingerprint density at radius 1 is 0.582 bits per heavy atom. The van der Waals surface area contributed by atoms with Gasteiger partial charge in [0.1, 0.15) is 49.8 Å². The number of alkyl carbamates (subject to hydrolysis) is 1. The van der Waals surface area contributed by atoms with Gasteiger partial charge in [0.15, 0.2) is 43.0 Å². The minimum absolute atomic E-state index is 0.0853. The molecule has 2 fully saturated rings. The van der Waals surface area contributed by atoms with Crippen LogP contribution in [0.2, 0.25) is 0 Å². The maximum atomic E-state index is 14.2. The molecule has 11 atom stereocenters. The van der Waals surface area contributed by atoms with Crippen LogP contribution in [0.25, 0.3) is 0 Å². The van der Waals surface area contributed by atoms with Crippen molar-refractivity contribution in [1.29, 1.82) is 0 Å². The fourth-order valence-corrected chi connectivity index (χ4v) is 6.66. The molecule has 24 nitrogen and oxygen atoms in total. The van der Waals surface area contributed by atoms with Gasteiger partial charge in [-0.25, -0.2) is 4.79 Å². The molecule has 1 aromatic carbocycles. The molecule has 67 heavy (non-hydrogen) atoms. The number of carbonyl (C=O) groups is 10. The van der Waals surface area contributed by atoms with E-state index in [-0.39, 0.29) is 13.0 Å². The number of hydrogen-bond acceptors (Lipinski definition) is 22. The van der Waals surface area contributed by atoms with Crippen LogP contribution < -0.4 is 10.6 Å². The van der Waals surface area contributed by atoms with E-state index in [2.05, 4.69) is 10.6 Å². The van der Waals surface area contributed by atoms with Crippen molar-refractivity contribution < 1.29 is 105 Å². The zero-order valence-corrected chi connectivity index (χ0v) is 38.8. The fourth-order valence-electron chi connectivity index (χ4n) is 6.66. The Kier molecular flexibility index (Phi) is 20.9. The van der Waals surface area contributed by atoms with Crippen molar-refractivity contribution in [1.82, 2.24) is 10.6 Å². The highest BCUT2D eigenvalue weighted by Crippen LogP contribution is 2.35. The fraction of sp³-hybridized carbons (Fsp3) is 0.628. The first-order valence-corrected chi connectivity index (χ1v) is 20.9. The molecule has 0 bridgehead atoms. The average molecular weight is 955 g/mol. The van der Waals surface area contributed by atoms with Gasteiger partial charge < -0.3 is 67.5 Å². The quantitative estimate of drug-likeness (QED) is 0.145. The summed E-state index contributed by atoms with van der Waals surface area (Å²) in [5.74, 6) is -8.36. The number of ether oxygens (including phenoxy) is 12. The first-order valence-electron chi connectivity index (χ1n) is 20.9. The molecule has 2 aliphatic heterocycles. The maximum absolute atomic E-state index is 14.2. The molecule has 2 N–H and O–H groups in total. The van der Waals surface area contributed by atoms with Crippen LogP contribution in [-0.4, -0.2) is 146 Å². The first kappa shape index (κ1) is 54.9. The molecular formula is C43H58N2O22. The number of amides is 2. The van der Waals surface area contributed by atoms with Crippen molar-refractivity contribution in [2.24, 2.45) is 0 Å². The van der Waals surface area contributed by atoms with Gasteiger partial charge in [-0.15, -0.1) is 0 Å². The highest BCUT2D eigenvalue weighted by molar-refractivity contribution is 5.86. The van der Waals surface area contributed by atoms with Gasteiger partial charge in [-0.2, -0.15) is 0 Å². The molecule has 0 aromatic heterocycles. The Morgan fingerprint density at radius 3 is 1.57 bits per heavy atom. The van der Waals surface area contributed by atoms with E-state index in [1.165, 1.54) is 0 Å². The third kappa shape index (κ3) is 18.8. The number of nitrogens with one attached hydrogen (secondary N) is 2. The summed E-state index contributed by atoms with van der Waals surface area (Å²) in [5, 5.41) is 4.89. The van der Waals surface area contributed by atoms with E-state index >= 15 is 0 Å². The normalized spacial score (nSPS) is 25.0. The van der Waals surface area contributed by atoms with Crippen molar-refractivity contribution in [3.63, 3.8) is 0 Å². The van der Waals surface area contributed by atoms with Crippen LogP contribution >= 0.6 is 0 Å². The lowest BCUT2D eigenvalue weighted by Crippen LogP contribution is -2.69. The Morgan fingerprint density at radius 2 is 1.06 bits per heavy atom. The van der Waals surface area contributed by atoms with Crippen LogP contribution in [0.4, 0.5) is 4.79 Å². The van der Waals surface area contributed by atoms with Gasteiger partial charge in [0, 0.05) is 54.9 Å². The SMILES string of the molecule is CC(=O)OC[C@H]1O[C@@H](O[C@H]2[C@H](OC(C)=O)[C@@H](OC(C)=O)[C@H](NC(=O)[C@H](CCC(=O)OCc3ccccc3)NC(=O)OC(C)(C)C)O[C@@H]2COC(C)=O)[C@H](OC(C)=O)[C@@H](OC(C)=O)[C@H]1OC(C)=O. The molecule has 0 saturated carbocycles. The minimum atomic E-state index is -1.94. The maximum Gasteiger partial charge on any atom is 0.408 e. The Labute approximate surface area is 385 Å². The van der Waals surface area contributed by atoms with Gasteiger partial charge in [-0.05, 0) is 32.8 Å². The molecule has 0 radical (unpaired) electrons. The molecule has 2 saturated heterocycles. The van der Waals surface area contributed by atoms with Crippen LogP contribution in [0.1, 0.15) is 87.6 Å². The van der Waals surface area contributed by atoms with E-state index in [0.717, 1.165) is 48.5 Å². The zero-order chi connectivity index (χ0) is 50.2. The van der Waals surface area contributed by atoms with Crippen molar-refractivity contribution >= 4 is 59.8 Å². The van der Waals surface area contributed by atoms with E-state index in [9.17, 15) is 47.9 Å². The van der Waals surface area contributed by atoms with E-state index in [1.807, 2.05) is 0 Å². The lowest BCUT2D eigenvalue weighted by molar-refractivity contribution is -0.345. The third-order valence-corrected chi connectivity index (χ3v) is 9.10. The third-order valence-electron chi connectivity index (χ3n) is 9.10. The second kappa shape index (κ2) is 25.5. The van der Waals surface area contributed by atoms with E-state index in [0.29, 0.717) is 5.56 Å². The smallest absolute Gasteiger partial charge is 0.408 e. The minimum Gasteiger partial charge on any atom is -0.463 e. The topological polar surface area (TPSA) is 306 Å². The molecule has 0 aliphatic carbocycles. The predicted molar refractivity (Wildman–Crippen MR) is 220 cm³/mol. The molecule has 3 rings (SSSR count). The highest BCUT2D eigenvalue weighted by atomic mass is 16.8. The molecule has 372 valence electrons. The lowest BCUT2D eigenvalue weighted by Gasteiger charge is -2.49.